The monoisotopic (exact) mass is 101 g/mol. The molecule has 0 saturated carbocycles. The molecule has 0 saturated heterocycles. The fraction of sp³-hybridized carbons (Fsp3) is 0.833. The molecule has 0 bridgehead atoms. The second-order valence-corrected chi connectivity index (χ2v) is 2.03. The van der Waals surface area contributed by atoms with Crippen LogP contribution >= 0.6 is 0 Å². The fourth-order valence-corrected chi connectivity index (χ4v) is 0.289. The van der Waals surface area contributed by atoms with Crippen molar-refractivity contribution in [3.05, 3.63) is 6.61 Å². The Morgan fingerprint density at radius 3 is 2.29 bits per heavy atom. The van der Waals surface area contributed by atoms with E-state index in [0.717, 1.165) is 12.3 Å². The van der Waals surface area contributed by atoms with Crippen LogP contribution in [0.1, 0.15) is 20.3 Å². The first kappa shape index (κ1) is 6.96. The van der Waals surface area contributed by atoms with Crippen molar-refractivity contribution < 1.29 is 4.74 Å². The summed E-state index contributed by atoms with van der Waals surface area (Å²) in [6.07, 6.45) is 1.05. The van der Waals surface area contributed by atoms with Crippen molar-refractivity contribution >= 4 is 0 Å². The first-order chi connectivity index (χ1) is 3.27. The van der Waals surface area contributed by atoms with Gasteiger partial charge in [0, 0.05) is 7.11 Å². The van der Waals surface area contributed by atoms with Gasteiger partial charge in [-0.2, -0.15) is 0 Å². The minimum atomic E-state index is 0.722. The normalized spacial score (nSPS) is 10.3. The van der Waals surface area contributed by atoms with Crippen molar-refractivity contribution in [1.29, 1.82) is 0 Å². The van der Waals surface area contributed by atoms with Crippen molar-refractivity contribution in [3.8, 4) is 0 Å². The SMILES string of the molecule is CO[CH]CC(C)C. The Morgan fingerprint density at radius 2 is 2.14 bits per heavy atom. The molecule has 0 aromatic heterocycles. The molecule has 7 heavy (non-hydrogen) atoms. The van der Waals surface area contributed by atoms with E-state index in [9.17, 15) is 0 Å². The lowest BCUT2D eigenvalue weighted by molar-refractivity contribution is 0.253. The van der Waals surface area contributed by atoms with Crippen LogP contribution in [0.4, 0.5) is 0 Å². The van der Waals surface area contributed by atoms with E-state index in [2.05, 4.69) is 13.8 Å². The summed E-state index contributed by atoms with van der Waals surface area (Å²) >= 11 is 0. The van der Waals surface area contributed by atoms with Crippen LogP contribution in [-0.2, 0) is 4.74 Å². The van der Waals surface area contributed by atoms with Crippen LogP contribution in [0.3, 0.4) is 0 Å². The fourth-order valence-electron chi connectivity index (χ4n) is 0.289. The molecule has 0 N–H and O–H groups in total. The molecule has 1 heteroatoms. The molecule has 0 rings (SSSR count). The lowest BCUT2D eigenvalue weighted by Gasteiger charge is -1.98. The molecule has 43 valence electrons. The molecule has 0 aromatic rings. The van der Waals surface area contributed by atoms with Gasteiger partial charge in [-0.1, -0.05) is 13.8 Å². The van der Waals surface area contributed by atoms with Gasteiger partial charge >= 0.3 is 0 Å². The van der Waals surface area contributed by atoms with Gasteiger partial charge in [-0.25, -0.2) is 0 Å². The van der Waals surface area contributed by atoms with E-state index in [1.54, 1.807) is 7.11 Å². The Hall–Kier alpha value is -0.0400. The van der Waals surface area contributed by atoms with Gasteiger partial charge in [-0.15, -0.1) is 0 Å². The highest BCUT2D eigenvalue weighted by atomic mass is 16.5. The molecule has 0 amide bonds. The molecule has 1 radical (unpaired) electrons. The zero-order chi connectivity index (χ0) is 5.70. The van der Waals surface area contributed by atoms with Crippen LogP contribution in [0.2, 0.25) is 0 Å². The van der Waals surface area contributed by atoms with Crippen LogP contribution in [0.25, 0.3) is 0 Å². The van der Waals surface area contributed by atoms with Gasteiger partial charge in [0.1, 0.15) is 0 Å². The lowest BCUT2D eigenvalue weighted by Crippen LogP contribution is -1.87. The average Bonchev–Trinajstić information content (AvgIpc) is 1.61. The second-order valence-electron chi connectivity index (χ2n) is 2.03. The van der Waals surface area contributed by atoms with Crippen molar-refractivity contribution in [1.82, 2.24) is 0 Å². The van der Waals surface area contributed by atoms with Gasteiger partial charge in [0.05, 0.1) is 6.61 Å². The highest BCUT2D eigenvalue weighted by molar-refractivity contribution is 4.52. The summed E-state index contributed by atoms with van der Waals surface area (Å²) in [7, 11) is 1.68. The number of hydrogen-bond acceptors (Lipinski definition) is 1. The van der Waals surface area contributed by atoms with Crippen LogP contribution in [0.15, 0.2) is 0 Å². The molecular weight excluding hydrogens is 88.1 g/mol. The third kappa shape index (κ3) is 5.96. The third-order valence-corrected chi connectivity index (χ3v) is 0.734. The Balaban J connectivity index is 2.68. The number of methoxy groups -OCH3 is 1. The Labute approximate surface area is 45.7 Å². The van der Waals surface area contributed by atoms with Crippen LogP contribution in [-0.4, -0.2) is 7.11 Å². The quantitative estimate of drug-likeness (QED) is 0.527. The molecule has 0 spiro atoms. The van der Waals surface area contributed by atoms with Gasteiger partial charge in [0.25, 0.3) is 0 Å². The zero-order valence-electron chi connectivity index (χ0n) is 5.27. The highest BCUT2D eigenvalue weighted by Crippen LogP contribution is 2.00. The minimum Gasteiger partial charge on any atom is -0.379 e. The molecule has 1 nitrogen and oxygen atoms in total. The van der Waals surface area contributed by atoms with Gasteiger partial charge in [0.2, 0.25) is 0 Å². The van der Waals surface area contributed by atoms with Crippen LogP contribution < -0.4 is 0 Å². The number of rotatable bonds is 3. The van der Waals surface area contributed by atoms with Crippen LogP contribution in [0.5, 0.6) is 0 Å². The minimum absolute atomic E-state index is 0.722. The van der Waals surface area contributed by atoms with Gasteiger partial charge in [-0.3, -0.25) is 0 Å². The van der Waals surface area contributed by atoms with Crippen molar-refractivity contribution in [2.75, 3.05) is 7.11 Å². The molecule has 0 aliphatic heterocycles. The van der Waals surface area contributed by atoms with Crippen molar-refractivity contribution in [2.24, 2.45) is 5.92 Å². The molecule has 0 fully saturated rings. The molecule has 0 atom stereocenters. The maximum atomic E-state index is 4.73. The summed E-state index contributed by atoms with van der Waals surface area (Å²) in [5, 5.41) is 0. The predicted octanol–water partition coefficient (Wildman–Crippen LogP) is 1.84. The smallest absolute Gasteiger partial charge is 0.0835 e. The maximum absolute atomic E-state index is 4.73. The lowest BCUT2D eigenvalue weighted by atomic mass is 10.1. The summed E-state index contributed by atoms with van der Waals surface area (Å²) in [5.74, 6) is 0.722. The Bertz CT molecular complexity index is 33.2. The van der Waals surface area contributed by atoms with E-state index < -0.39 is 0 Å². The summed E-state index contributed by atoms with van der Waals surface area (Å²) in [5.41, 5.74) is 0. The standard InChI is InChI=1S/C6H13O/c1-6(2)4-5-7-3/h5-6H,4H2,1-3H3. The van der Waals surface area contributed by atoms with E-state index in [1.165, 1.54) is 0 Å². The number of hydrogen-bond donors (Lipinski definition) is 0. The topological polar surface area (TPSA) is 9.23 Å². The van der Waals surface area contributed by atoms with Gasteiger partial charge in [-0.05, 0) is 12.3 Å². The summed E-state index contributed by atoms with van der Waals surface area (Å²) in [6.45, 7) is 6.15. The van der Waals surface area contributed by atoms with Crippen LogP contribution in [0, 0.1) is 12.5 Å². The predicted molar refractivity (Wildman–Crippen MR) is 30.8 cm³/mol. The molecule has 0 aromatic carbocycles. The van der Waals surface area contributed by atoms with Crippen molar-refractivity contribution in [2.45, 2.75) is 20.3 Å². The van der Waals surface area contributed by atoms with E-state index >= 15 is 0 Å². The Kier molecular flexibility index (Phi) is 4.10. The average molecular weight is 101 g/mol. The van der Waals surface area contributed by atoms with Gasteiger partial charge in [0.15, 0.2) is 0 Å². The van der Waals surface area contributed by atoms with Crippen molar-refractivity contribution in [3.63, 3.8) is 0 Å². The maximum Gasteiger partial charge on any atom is 0.0835 e. The molecule has 0 heterocycles. The first-order valence-electron chi connectivity index (χ1n) is 2.62. The van der Waals surface area contributed by atoms with E-state index in [0.29, 0.717) is 0 Å². The third-order valence-electron chi connectivity index (χ3n) is 0.734. The Morgan fingerprint density at radius 1 is 1.57 bits per heavy atom. The second kappa shape index (κ2) is 4.13. The summed E-state index contributed by atoms with van der Waals surface area (Å²) in [4.78, 5) is 0. The summed E-state index contributed by atoms with van der Waals surface area (Å²) in [6, 6.07) is 0. The summed E-state index contributed by atoms with van der Waals surface area (Å²) < 4.78 is 4.73. The highest BCUT2D eigenvalue weighted by Gasteiger charge is 1.89. The largest absolute Gasteiger partial charge is 0.379 e. The first-order valence-corrected chi connectivity index (χ1v) is 2.62. The zero-order valence-corrected chi connectivity index (χ0v) is 5.27. The van der Waals surface area contributed by atoms with E-state index in [1.807, 2.05) is 6.61 Å². The van der Waals surface area contributed by atoms with Gasteiger partial charge < -0.3 is 4.74 Å². The molecule has 0 aliphatic carbocycles. The molecular formula is C6H13O. The molecule has 0 unspecified atom stereocenters. The van der Waals surface area contributed by atoms with E-state index in [-0.39, 0.29) is 0 Å². The number of ether oxygens (including phenoxy) is 1. The molecule has 0 aliphatic rings. The van der Waals surface area contributed by atoms with E-state index in [4.69, 9.17) is 4.74 Å².